The molecule has 0 heterocycles. The summed E-state index contributed by atoms with van der Waals surface area (Å²) in [6, 6.07) is 8.41. The predicted molar refractivity (Wildman–Crippen MR) is 111 cm³/mol. The molecule has 3 heteroatoms. The molecule has 0 amide bonds. The van der Waals surface area contributed by atoms with Gasteiger partial charge in [-0.3, -0.25) is 0 Å². The molecule has 0 aromatic heterocycles. The number of hydrogen-bond donors (Lipinski definition) is 0. The Kier molecular flexibility index (Phi) is 7.38. The molecule has 2 aliphatic carbocycles. The second-order valence-electron chi connectivity index (χ2n) is 8.59. The van der Waals surface area contributed by atoms with Gasteiger partial charge in [-0.1, -0.05) is 43.7 Å². The van der Waals surface area contributed by atoms with Crippen molar-refractivity contribution in [2.45, 2.75) is 83.5 Å². The van der Waals surface area contributed by atoms with Gasteiger partial charge in [-0.15, -0.1) is 0 Å². The van der Waals surface area contributed by atoms with Gasteiger partial charge in [0.2, 0.25) is 0 Å². The summed E-state index contributed by atoms with van der Waals surface area (Å²) in [5.74, 6) is 4.84. The maximum atomic E-state index is 14.5. The summed E-state index contributed by atoms with van der Waals surface area (Å²) in [6.07, 6.45) is 7.63. The van der Waals surface area contributed by atoms with Gasteiger partial charge in [0.15, 0.2) is 0 Å². The molecule has 28 heavy (non-hydrogen) atoms. The van der Waals surface area contributed by atoms with Gasteiger partial charge in [0.05, 0.1) is 12.5 Å². The van der Waals surface area contributed by atoms with Crippen molar-refractivity contribution < 1.29 is 13.5 Å². The van der Waals surface area contributed by atoms with Gasteiger partial charge in [0.1, 0.15) is 5.75 Å². The van der Waals surface area contributed by atoms with Gasteiger partial charge < -0.3 is 4.74 Å². The molecular weight excluding hydrogens is 354 g/mol. The number of benzene rings is 1. The summed E-state index contributed by atoms with van der Waals surface area (Å²) in [5, 5.41) is 0. The molecule has 2 unspecified atom stereocenters. The molecule has 2 fully saturated rings. The Morgan fingerprint density at radius 1 is 0.964 bits per heavy atom. The molecule has 2 aliphatic rings. The largest absolute Gasteiger partial charge is 0.494 e. The number of rotatable bonds is 5. The molecule has 0 saturated heterocycles. The van der Waals surface area contributed by atoms with Crippen molar-refractivity contribution in [3.8, 4) is 17.6 Å². The van der Waals surface area contributed by atoms with E-state index in [9.17, 15) is 8.78 Å². The molecule has 0 radical (unpaired) electrons. The zero-order valence-electron chi connectivity index (χ0n) is 17.4. The van der Waals surface area contributed by atoms with Crippen molar-refractivity contribution in [3.63, 3.8) is 0 Å². The highest BCUT2D eigenvalue weighted by Gasteiger charge is 2.44. The molecule has 3 rings (SSSR count). The van der Waals surface area contributed by atoms with E-state index in [4.69, 9.17) is 4.74 Å². The number of hydrogen-bond acceptors (Lipinski definition) is 1. The Labute approximate surface area is 169 Å². The van der Waals surface area contributed by atoms with Crippen LogP contribution in [0.15, 0.2) is 24.3 Å². The summed E-state index contributed by atoms with van der Waals surface area (Å²) in [5.41, 5.74) is 1.36. The van der Waals surface area contributed by atoms with E-state index in [2.05, 4.69) is 30.9 Å². The van der Waals surface area contributed by atoms with Gasteiger partial charge in [0.25, 0.3) is 5.92 Å². The number of alkyl halides is 2. The third kappa shape index (κ3) is 5.49. The Bertz CT molecular complexity index is 662. The van der Waals surface area contributed by atoms with Crippen molar-refractivity contribution >= 4 is 0 Å². The molecule has 2 saturated carbocycles. The fourth-order valence-corrected chi connectivity index (χ4v) is 4.87. The third-order valence-electron chi connectivity index (χ3n) is 6.48. The van der Waals surface area contributed by atoms with E-state index >= 15 is 0 Å². The van der Waals surface area contributed by atoms with Crippen molar-refractivity contribution in [1.29, 1.82) is 0 Å². The zero-order chi connectivity index (χ0) is 20.0. The average Bonchev–Trinajstić information content (AvgIpc) is 2.68. The molecule has 0 N–H and O–H groups in total. The van der Waals surface area contributed by atoms with Crippen LogP contribution in [0, 0.1) is 29.6 Å². The second-order valence-corrected chi connectivity index (χ2v) is 8.59. The smallest absolute Gasteiger partial charge is 0.261 e. The molecule has 1 nitrogen and oxygen atoms in total. The van der Waals surface area contributed by atoms with Gasteiger partial charge in [0, 0.05) is 12.3 Å². The van der Waals surface area contributed by atoms with Crippen LogP contribution in [0.25, 0.3) is 0 Å². The molecule has 154 valence electrons. The number of ether oxygens (including phenoxy) is 1. The van der Waals surface area contributed by atoms with Crippen molar-refractivity contribution in [2.75, 3.05) is 6.61 Å². The maximum Gasteiger partial charge on any atom is 0.261 e. The van der Waals surface area contributed by atoms with Crippen molar-refractivity contribution in [2.24, 2.45) is 17.8 Å². The first kappa shape index (κ1) is 21.2. The second kappa shape index (κ2) is 9.77. The first-order valence-corrected chi connectivity index (χ1v) is 11.1. The molecule has 2 atom stereocenters. The Balaban J connectivity index is 1.51. The Morgan fingerprint density at radius 3 is 2.29 bits per heavy atom. The van der Waals surface area contributed by atoms with E-state index in [1.54, 1.807) is 0 Å². The van der Waals surface area contributed by atoms with E-state index < -0.39 is 11.8 Å². The lowest BCUT2D eigenvalue weighted by atomic mass is 9.76. The van der Waals surface area contributed by atoms with E-state index in [0.717, 1.165) is 50.7 Å². The lowest BCUT2D eigenvalue weighted by Gasteiger charge is -2.33. The van der Waals surface area contributed by atoms with Gasteiger partial charge in [-0.2, -0.15) is 0 Å². The van der Waals surface area contributed by atoms with Crippen LogP contribution in [0.3, 0.4) is 0 Å². The quantitative estimate of drug-likeness (QED) is 0.484. The monoisotopic (exact) mass is 388 g/mol. The third-order valence-corrected chi connectivity index (χ3v) is 6.48. The highest BCUT2D eigenvalue weighted by molar-refractivity contribution is 5.30. The SMILES string of the molecule is CCCC1CCC(C#CC2CCC(c3ccc(OCC)cc3)CC2)C(F)(F)C1. The van der Waals surface area contributed by atoms with Crippen LogP contribution >= 0.6 is 0 Å². The Morgan fingerprint density at radius 2 is 1.68 bits per heavy atom. The van der Waals surface area contributed by atoms with Gasteiger partial charge >= 0.3 is 0 Å². The minimum absolute atomic E-state index is 0.0324. The summed E-state index contributed by atoms with van der Waals surface area (Å²) < 4.78 is 34.4. The fraction of sp³-hybridized carbons (Fsp3) is 0.680. The van der Waals surface area contributed by atoms with Crippen molar-refractivity contribution in [3.05, 3.63) is 29.8 Å². The lowest BCUT2D eigenvalue weighted by molar-refractivity contribution is -0.0825. The molecule has 0 spiro atoms. The van der Waals surface area contributed by atoms with E-state index in [-0.39, 0.29) is 18.3 Å². The molecular formula is C25H34F2O. The van der Waals surface area contributed by atoms with E-state index in [0.29, 0.717) is 18.9 Å². The lowest BCUT2D eigenvalue weighted by Crippen LogP contribution is -2.35. The van der Waals surface area contributed by atoms with E-state index in [1.165, 1.54) is 5.56 Å². The van der Waals surface area contributed by atoms with Crippen LogP contribution in [-0.2, 0) is 0 Å². The first-order valence-electron chi connectivity index (χ1n) is 11.1. The predicted octanol–water partition coefficient (Wildman–Crippen LogP) is 7.21. The highest BCUT2D eigenvalue weighted by atomic mass is 19.3. The van der Waals surface area contributed by atoms with Gasteiger partial charge in [-0.25, -0.2) is 8.78 Å². The average molecular weight is 389 g/mol. The van der Waals surface area contributed by atoms with Crippen LogP contribution in [-0.4, -0.2) is 12.5 Å². The normalized spacial score (nSPS) is 29.6. The topological polar surface area (TPSA) is 9.23 Å². The molecule has 0 bridgehead atoms. The van der Waals surface area contributed by atoms with Crippen LogP contribution < -0.4 is 4.74 Å². The van der Waals surface area contributed by atoms with Crippen LogP contribution in [0.1, 0.15) is 83.1 Å². The minimum atomic E-state index is -2.61. The number of halogens is 2. The minimum Gasteiger partial charge on any atom is -0.494 e. The zero-order valence-corrected chi connectivity index (χ0v) is 17.4. The van der Waals surface area contributed by atoms with Crippen LogP contribution in [0.2, 0.25) is 0 Å². The Hall–Kier alpha value is -1.56. The molecule has 1 aromatic rings. The first-order chi connectivity index (χ1) is 13.5. The summed E-state index contributed by atoms with van der Waals surface area (Å²) in [6.45, 7) is 4.75. The summed E-state index contributed by atoms with van der Waals surface area (Å²) in [4.78, 5) is 0. The van der Waals surface area contributed by atoms with Crippen LogP contribution in [0.4, 0.5) is 8.78 Å². The van der Waals surface area contributed by atoms with Gasteiger partial charge in [-0.05, 0) is 75.0 Å². The standard InChI is InChI=1S/C25H34F2O/c1-3-5-20-9-15-23(25(26,27)18-20)14-8-19-6-10-21(11-7-19)22-12-16-24(17-13-22)28-4-2/h12-13,16-17,19-21,23H,3-7,9-11,15,18H2,1-2H3. The fourth-order valence-electron chi connectivity index (χ4n) is 4.87. The highest BCUT2D eigenvalue weighted by Crippen LogP contribution is 2.43. The van der Waals surface area contributed by atoms with Crippen LogP contribution in [0.5, 0.6) is 5.75 Å². The summed E-state index contributed by atoms with van der Waals surface area (Å²) in [7, 11) is 0. The van der Waals surface area contributed by atoms with Crippen molar-refractivity contribution in [1.82, 2.24) is 0 Å². The maximum absolute atomic E-state index is 14.5. The van der Waals surface area contributed by atoms with E-state index in [1.807, 2.05) is 19.1 Å². The molecule has 0 aliphatic heterocycles. The molecule has 1 aromatic carbocycles. The summed E-state index contributed by atoms with van der Waals surface area (Å²) >= 11 is 0.